The van der Waals surface area contributed by atoms with Crippen molar-refractivity contribution < 1.29 is 14.7 Å². The number of aryl methyl sites for hydroxylation is 1. The summed E-state index contributed by atoms with van der Waals surface area (Å²) in [6.45, 7) is 1.85. The zero-order valence-corrected chi connectivity index (χ0v) is 11.3. The third kappa shape index (κ3) is 2.95. The van der Waals surface area contributed by atoms with E-state index in [1.54, 1.807) is 18.2 Å². The van der Waals surface area contributed by atoms with Gasteiger partial charge in [-0.1, -0.05) is 17.7 Å². The molecule has 2 aromatic rings. The van der Waals surface area contributed by atoms with Crippen molar-refractivity contribution in [3.63, 3.8) is 0 Å². The lowest BCUT2D eigenvalue weighted by molar-refractivity contribution is 0.0692. The molecule has 2 rings (SSSR count). The summed E-state index contributed by atoms with van der Waals surface area (Å²) in [6.07, 6.45) is 2.50. The normalized spacial score (nSPS) is 10.1. The van der Waals surface area contributed by atoms with Crippen molar-refractivity contribution in [3.05, 3.63) is 58.4 Å². The van der Waals surface area contributed by atoms with Crippen LogP contribution < -0.4 is 5.32 Å². The fourth-order valence-electron chi connectivity index (χ4n) is 1.63. The van der Waals surface area contributed by atoms with Crippen LogP contribution in [-0.2, 0) is 0 Å². The molecule has 0 fully saturated rings. The number of halogens is 1. The number of carboxylic acids is 1. The first-order valence-electron chi connectivity index (χ1n) is 5.74. The summed E-state index contributed by atoms with van der Waals surface area (Å²) in [7, 11) is 0. The zero-order chi connectivity index (χ0) is 14.7. The van der Waals surface area contributed by atoms with Crippen LogP contribution in [0.25, 0.3) is 0 Å². The van der Waals surface area contributed by atoms with E-state index in [9.17, 15) is 9.59 Å². The Bertz CT molecular complexity index is 686. The van der Waals surface area contributed by atoms with E-state index in [1.807, 2.05) is 6.92 Å². The number of hydrogen-bond donors (Lipinski definition) is 2. The van der Waals surface area contributed by atoms with E-state index in [0.717, 1.165) is 11.8 Å². The van der Waals surface area contributed by atoms with Crippen molar-refractivity contribution in [2.24, 2.45) is 0 Å². The summed E-state index contributed by atoms with van der Waals surface area (Å²) in [5.74, 6) is -1.73. The van der Waals surface area contributed by atoms with Gasteiger partial charge in [-0.05, 0) is 30.7 Å². The maximum absolute atomic E-state index is 12.1. The molecule has 0 aliphatic carbocycles. The van der Waals surface area contributed by atoms with E-state index in [0.29, 0.717) is 10.7 Å². The quantitative estimate of drug-likeness (QED) is 0.911. The van der Waals surface area contributed by atoms with Crippen molar-refractivity contribution in [3.8, 4) is 0 Å². The average molecular weight is 291 g/mol. The lowest BCUT2D eigenvalue weighted by Crippen LogP contribution is -2.16. The smallest absolute Gasteiger partial charge is 0.338 e. The molecule has 0 aliphatic rings. The van der Waals surface area contributed by atoms with Gasteiger partial charge in [-0.25, -0.2) is 4.79 Å². The van der Waals surface area contributed by atoms with Gasteiger partial charge in [-0.15, -0.1) is 0 Å². The third-order valence-corrected chi connectivity index (χ3v) is 3.13. The standard InChI is InChI=1S/C14H11ClN2O3/c1-8-2-3-9(6-12(8)15)17-13(18)10-4-5-16-7-11(10)14(19)20/h2-7H,1H3,(H,17,18)(H,19,20). The highest BCUT2D eigenvalue weighted by Gasteiger charge is 2.16. The summed E-state index contributed by atoms with van der Waals surface area (Å²) in [6, 6.07) is 6.42. The molecule has 0 saturated carbocycles. The number of carboxylic acid groups (broad SMARTS) is 1. The Labute approximate surface area is 120 Å². The molecular weight excluding hydrogens is 280 g/mol. The van der Waals surface area contributed by atoms with Gasteiger partial charge >= 0.3 is 5.97 Å². The van der Waals surface area contributed by atoms with Gasteiger partial charge in [0.15, 0.2) is 0 Å². The van der Waals surface area contributed by atoms with Crippen LogP contribution >= 0.6 is 11.6 Å². The molecule has 0 aliphatic heterocycles. The molecule has 0 radical (unpaired) electrons. The molecule has 1 aromatic carbocycles. The van der Waals surface area contributed by atoms with Gasteiger partial charge in [-0.3, -0.25) is 9.78 Å². The van der Waals surface area contributed by atoms with Crippen LogP contribution in [0.1, 0.15) is 26.3 Å². The highest BCUT2D eigenvalue weighted by molar-refractivity contribution is 6.31. The van der Waals surface area contributed by atoms with Gasteiger partial charge in [0, 0.05) is 23.1 Å². The summed E-state index contributed by atoms with van der Waals surface area (Å²) in [4.78, 5) is 26.8. The lowest BCUT2D eigenvalue weighted by Gasteiger charge is -2.08. The van der Waals surface area contributed by atoms with Crippen LogP contribution in [0, 0.1) is 6.92 Å². The number of aromatic carboxylic acids is 1. The molecule has 5 nitrogen and oxygen atoms in total. The van der Waals surface area contributed by atoms with Crippen molar-refractivity contribution >= 4 is 29.2 Å². The first-order valence-corrected chi connectivity index (χ1v) is 6.11. The second-order valence-electron chi connectivity index (χ2n) is 4.14. The summed E-state index contributed by atoms with van der Waals surface area (Å²) < 4.78 is 0. The van der Waals surface area contributed by atoms with Crippen molar-refractivity contribution in [2.75, 3.05) is 5.32 Å². The fourth-order valence-corrected chi connectivity index (χ4v) is 1.81. The van der Waals surface area contributed by atoms with Gasteiger partial charge in [0.05, 0.1) is 11.1 Å². The van der Waals surface area contributed by atoms with Crippen molar-refractivity contribution in [1.29, 1.82) is 0 Å². The molecule has 20 heavy (non-hydrogen) atoms. The molecule has 1 aromatic heterocycles. The molecule has 1 amide bonds. The Hall–Kier alpha value is -2.40. The number of rotatable bonds is 3. The second kappa shape index (κ2) is 5.71. The van der Waals surface area contributed by atoms with E-state index >= 15 is 0 Å². The predicted octanol–water partition coefficient (Wildman–Crippen LogP) is 2.99. The maximum atomic E-state index is 12.1. The van der Waals surface area contributed by atoms with E-state index in [-0.39, 0.29) is 11.1 Å². The number of benzene rings is 1. The van der Waals surface area contributed by atoms with E-state index in [4.69, 9.17) is 16.7 Å². The van der Waals surface area contributed by atoms with E-state index in [2.05, 4.69) is 10.3 Å². The number of pyridine rings is 1. The minimum absolute atomic E-state index is 0.0456. The van der Waals surface area contributed by atoms with Crippen LogP contribution in [0.15, 0.2) is 36.7 Å². The molecule has 0 unspecified atom stereocenters. The first kappa shape index (κ1) is 14.0. The molecule has 2 N–H and O–H groups in total. The predicted molar refractivity (Wildman–Crippen MR) is 75.3 cm³/mol. The minimum Gasteiger partial charge on any atom is -0.478 e. The number of carbonyl (C=O) groups is 2. The summed E-state index contributed by atoms with van der Waals surface area (Å²) in [5, 5.41) is 12.2. The molecule has 0 atom stereocenters. The number of aromatic nitrogens is 1. The molecular formula is C14H11ClN2O3. The third-order valence-electron chi connectivity index (χ3n) is 2.73. The lowest BCUT2D eigenvalue weighted by atomic mass is 10.1. The van der Waals surface area contributed by atoms with Gasteiger partial charge in [0.25, 0.3) is 5.91 Å². The fraction of sp³-hybridized carbons (Fsp3) is 0.0714. The highest BCUT2D eigenvalue weighted by Crippen LogP contribution is 2.20. The number of nitrogens with zero attached hydrogens (tertiary/aromatic N) is 1. The number of anilines is 1. The van der Waals surface area contributed by atoms with Gasteiger partial charge in [0.1, 0.15) is 0 Å². The summed E-state index contributed by atoms with van der Waals surface area (Å²) >= 11 is 5.97. The number of carbonyl (C=O) groups excluding carboxylic acids is 1. The zero-order valence-electron chi connectivity index (χ0n) is 10.6. The molecule has 0 spiro atoms. The summed E-state index contributed by atoms with van der Waals surface area (Å²) in [5.41, 5.74) is 1.28. The molecule has 6 heteroatoms. The van der Waals surface area contributed by atoms with Crippen LogP contribution in [0.4, 0.5) is 5.69 Å². The Morgan fingerprint density at radius 3 is 2.65 bits per heavy atom. The van der Waals surface area contributed by atoms with Crippen LogP contribution in [-0.4, -0.2) is 22.0 Å². The topological polar surface area (TPSA) is 79.3 Å². The monoisotopic (exact) mass is 290 g/mol. The van der Waals surface area contributed by atoms with Crippen molar-refractivity contribution in [1.82, 2.24) is 4.98 Å². The molecule has 0 saturated heterocycles. The van der Waals surface area contributed by atoms with Crippen LogP contribution in [0.5, 0.6) is 0 Å². The first-order chi connectivity index (χ1) is 9.49. The van der Waals surface area contributed by atoms with E-state index in [1.165, 1.54) is 12.3 Å². The van der Waals surface area contributed by atoms with Gasteiger partial charge in [0.2, 0.25) is 0 Å². The Morgan fingerprint density at radius 2 is 2.00 bits per heavy atom. The van der Waals surface area contributed by atoms with E-state index < -0.39 is 11.9 Å². The van der Waals surface area contributed by atoms with Crippen molar-refractivity contribution in [2.45, 2.75) is 6.92 Å². The highest BCUT2D eigenvalue weighted by atomic mass is 35.5. The largest absolute Gasteiger partial charge is 0.478 e. The maximum Gasteiger partial charge on any atom is 0.338 e. The van der Waals surface area contributed by atoms with Crippen LogP contribution in [0.3, 0.4) is 0 Å². The van der Waals surface area contributed by atoms with Gasteiger partial charge < -0.3 is 10.4 Å². The minimum atomic E-state index is -1.20. The second-order valence-corrected chi connectivity index (χ2v) is 4.55. The Kier molecular flexibility index (Phi) is 4.00. The Morgan fingerprint density at radius 1 is 1.25 bits per heavy atom. The van der Waals surface area contributed by atoms with Crippen LogP contribution in [0.2, 0.25) is 5.02 Å². The number of hydrogen-bond acceptors (Lipinski definition) is 3. The molecule has 1 heterocycles. The molecule has 102 valence electrons. The average Bonchev–Trinajstić information content (AvgIpc) is 2.43. The number of amides is 1. The SMILES string of the molecule is Cc1ccc(NC(=O)c2ccncc2C(=O)O)cc1Cl. The molecule has 0 bridgehead atoms. The Balaban J connectivity index is 2.28. The number of nitrogens with one attached hydrogen (secondary N) is 1. The van der Waals surface area contributed by atoms with Gasteiger partial charge in [-0.2, -0.15) is 0 Å².